The fourth-order valence-electron chi connectivity index (χ4n) is 1.66. The zero-order chi connectivity index (χ0) is 15.4. The molecule has 2 N–H and O–H groups in total. The van der Waals surface area contributed by atoms with Crippen LogP contribution in [0.25, 0.3) is 0 Å². The van der Waals surface area contributed by atoms with Crippen LogP contribution in [-0.4, -0.2) is 28.1 Å². The van der Waals surface area contributed by atoms with E-state index in [9.17, 15) is 14.9 Å². The molecular weight excluding hydrogens is 278 g/mol. The van der Waals surface area contributed by atoms with Crippen LogP contribution in [0, 0.1) is 10.1 Å². The summed E-state index contributed by atoms with van der Waals surface area (Å²) < 4.78 is 4.92. The number of methoxy groups -OCH3 is 1. The highest BCUT2D eigenvalue weighted by Gasteiger charge is 2.16. The first kappa shape index (κ1) is 14.3. The highest BCUT2D eigenvalue weighted by molar-refractivity contribution is 5.96. The van der Waals surface area contributed by atoms with Crippen LogP contribution in [0.1, 0.15) is 10.4 Å². The summed E-state index contributed by atoms with van der Waals surface area (Å²) in [7, 11) is 1.48. The van der Waals surface area contributed by atoms with Crippen LogP contribution in [-0.2, 0) is 0 Å². The highest BCUT2D eigenvalue weighted by atomic mass is 16.6. The van der Waals surface area contributed by atoms with Crippen molar-refractivity contribution in [3.8, 4) is 5.88 Å². The zero-order valence-electron chi connectivity index (χ0n) is 10.9. The molecule has 0 fully saturated rings. The summed E-state index contributed by atoms with van der Waals surface area (Å²) in [5.41, 5.74) is 0.290. The number of carbonyl (C=O) groups is 1. The zero-order valence-corrected chi connectivity index (χ0v) is 10.9. The van der Waals surface area contributed by atoms with Gasteiger partial charge in [0.15, 0.2) is 0 Å². The lowest BCUT2D eigenvalue weighted by Crippen LogP contribution is -2.04. The summed E-state index contributed by atoms with van der Waals surface area (Å²) in [5, 5.41) is 22.7. The standard InChI is InChI=1S/C13H11N3O5/c1-21-12-5-2-8(7-14-12)15-11-4-3-9(16(19)20)6-10(11)13(17)18/h2-7,15H,1H3,(H,17,18). The van der Waals surface area contributed by atoms with E-state index >= 15 is 0 Å². The second kappa shape index (κ2) is 5.87. The molecule has 0 aliphatic carbocycles. The van der Waals surface area contributed by atoms with Crippen LogP contribution in [0.15, 0.2) is 36.5 Å². The molecule has 8 nitrogen and oxygen atoms in total. The summed E-state index contributed by atoms with van der Waals surface area (Å²) in [4.78, 5) is 25.2. The number of carboxylic acids is 1. The number of benzene rings is 1. The molecule has 0 radical (unpaired) electrons. The van der Waals surface area contributed by atoms with Crippen molar-refractivity contribution < 1.29 is 19.6 Å². The average molecular weight is 289 g/mol. The van der Waals surface area contributed by atoms with Gasteiger partial charge < -0.3 is 15.2 Å². The van der Waals surface area contributed by atoms with Gasteiger partial charge in [0.05, 0.1) is 35.2 Å². The third kappa shape index (κ3) is 3.24. The van der Waals surface area contributed by atoms with Gasteiger partial charge in [-0.1, -0.05) is 0 Å². The van der Waals surface area contributed by atoms with Crippen molar-refractivity contribution in [3.63, 3.8) is 0 Å². The third-order valence-corrected chi connectivity index (χ3v) is 2.67. The molecule has 0 bridgehead atoms. The Balaban J connectivity index is 2.34. The topological polar surface area (TPSA) is 115 Å². The van der Waals surface area contributed by atoms with Crippen molar-refractivity contribution in [1.82, 2.24) is 4.98 Å². The molecule has 0 unspecified atom stereocenters. The second-order valence-corrected chi connectivity index (χ2v) is 4.01. The van der Waals surface area contributed by atoms with E-state index in [2.05, 4.69) is 10.3 Å². The minimum atomic E-state index is -1.26. The summed E-state index contributed by atoms with van der Waals surface area (Å²) >= 11 is 0. The van der Waals surface area contributed by atoms with Crippen molar-refractivity contribution in [2.45, 2.75) is 0 Å². The number of carboxylic acid groups (broad SMARTS) is 1. The maximum absolute atomic E-state index is 11.2. The van der Waals surface area contributed by atoms with Gasteiger partial charge >= 0.3 is 5.97 Å². The third-order valence-electron chi connectivity index (χ3n) is 2.67. The maximum atomic E-state index is 11.2. The van der Waals surface area contributed by atoms with Gasteiger partial charge in [-0.2, -0.15) is 0 Å². The number of nitrogens with zero attached hydrogens (tertiary/aromatic N) is 2. The van der Waals surface area contributed by atoms with Crippen molar-refractivity contribution in [3.05, 3.63) is 52.2 Å². The Labute approximate surface area is 119 Å². The Morgan fingerprint density at radius 1 is 1.38 bits per heavy atom. The summed E-state index contributed by atoms with van der Waals surface area (Å²) in [5.74, 6) is -0.842. The van der Waals surface area contributed by atoms with Crippen LogP contribution < -0.4 is 10.1 Å². The smallest absolute Gasteiger partial charge is 0.338 e. The quantitative estimate of drug-likeness (QED) is 0.641. The molecule has 108 valence electrons. The number of hydrogen-bond acceptors (Lipinski definition) is 6. The van der Waals surface area contributed by atoms with Gasteiger partial charge in [0.1, 0.15) is 0 Å². The summed E-state index contributed by atoms with van der Waals surface area (Å²) in [6.07, 6.45) is 1.46. The number of ether oxygens (including phenoxy) is 1. The Morgan fingerprint density at radius 2 is 2.14 bits per heavy atom. The lowest BCUT2D eigenvalue weighted by Gasteiger charge is -2.09. The van der Waals surface area contributed by atoms with Gasteiger partial charge in [0.2, 0.25) is 5.88 Å². The van der Waals surface area contributed by atoms with Crippen LogP contribution in [0.5, 0.6) is 5.88 Å². The Kier molecular flexibility index (Phi) is 3.98. The molecule has 0 amide bonds. The molecule has 0 saturated heterocycles. The van der Waals surface area contributed by atoms with Crippen LogP contribution in [0.4, 0.5) is 17.1 Å². The minimum absolute atomic E-state index is 0.194. The number of anilines is 2. The van der Waals surface area contributed by atoms with Gasteiger partial charge in [0, 0.05) is 18.2 Å². The van der Waals surface area contributed by atoms with E-state index in [0.717, 1.165) is 6.07 Å². The number of hydrogen-bond donors (Lipinski definition) is 2. The number of pyridine rings is 1. The molecule has 1 aromatic heterocycles. The van der Waals surface area contributed by atoms with E-state index in [1.807, 2.05) is 0 Å². The average Bonchev–Trinajstić information content (AvgIpc) is 2.48. The molecular formula is C13H11N3O5. The van der Waals surface area contributed by atoms with E-state index in [4.69, 9.17) is 9.84 Å². The number of rotatable bonds is 5. The normalized spacial score (nSPS) is 9.95. The van der Waals surface area contributed by atoms with E-state index in [1.54, 1.807) is 12.1 Å². The second-order valence-electron chi connectivity index (χ2n) is 4.01. The van der Waals surface area contributed by atoms with Crippen molar-refractivity contribution >= 4 is 23.0 Å². The van der Waals surface area contributed by atoms with Crippen molar-refractivity contribution in [2.24, 2.45) is 0 Å². The SMILES string of the molecule is COc1ccc(Nc2ccc([N+](=O)[O-])cc2C(=O)O)cn1. The van der Waals surface area contributed by atoms with E-state index < -0.39 is 10.9 Å². The maximum Gasteiger partial charge on any atom is 0.338 e. The fraction of sp³-hybridized carbons (Fsp3) is 0.0769. The predicted octanol–water partition coefficient (Wildman–Crippen LogP) is 2.44. The van der Waals surface area contributed by atoms with E-state index in [0.29, 0.717) is 11.6 Å². The summed E-state index contributed by atoms with van der Waals surface area (Å²) in [6.45, 7) is 0. The number of aromatic carboxylic acids is 1. The molecule has 0 aliphatic heterocycles. The monoisotopic (exact) mass is 289 g/mol. The fourth-order valence-corrected chi connectivity index (χ4v) is 1.66. The van der Waals surface area contributed by atoms with Crippen LogP contribution >= 0.6 is 0 Å². The number of nitro groups is 1. The van der Waals surface area contributed by atoms with E-state index in [1.165, 1.54) is 25.4 Å². The van der Waals surface area contributed by atoms with E-state index in [-0.39, 0.29) is 16.9 Å². The molecule has 0 spiro atoms. The molecule has 0 saturated carbocycles. The molecule has 1 aromatic carbocycles. The minimum Gasteiger partial charge on any atom is -0.481 e. The number of aromatic nitrogens is 1. The van der Waals surface area contributed by atoms with Gasteiger partial charge in [-0.25, -0.2) is 9.78 Å². The van der Waals surface area contributed by atoms with Gasteiger partial charge in [-0.15, -0.1) is 0 Å². The summed E-state index contributed by atoms with van der Waals surface area (Å²) in [6, 6.07) is 6.83. The number of non-ortho nitro benzene ring substituents is 1. The van der Waals surface area contributed by atoms with Gasteiger partial charge in [-0.3, -0.25) is 10.1 Å². The molecule has 21 heavy (non-hydrogen) atoms. The number of nitrogens with one attached hydrogen (secondary N) is 1. The molecule has 2 aromatic rings. The first-order chi connectivity index (χ1) is 10.0. The Morgan fingerprint density at radius 3 is 2.67 bits per heavy atom. The lowest BCUT2D eigenvalue weighted by atomic mass is 10.1. The van der Waals surface area contributed by atoms with Gasteiger partial charge in [-0.05, 0) is 12.1 Å². The van der Waals surface area contributed by atoms with Gasteiger partial charge in [0.25, 0.3) is 5.69 Å². The molecule has 8 heteroatoms. The first-order valence-corrected chi connectivity index (χ1v) is 5.80. The van der Waals surface area contributed by atoms with Crippen LogP contribution in [0.2, 0.25) is 0 Å². The number of nitro benzene ring substituents is 1. The van der Waals surface area contributed by atoms with Crippen LogP contribution in [0.3, 0.4) is 0 Å². The molecule has 2 rings (SSSR count). The van der Waals surface area contributed by atoms with Crippen molar-refractivity contribution in [2.75, 3.05) is 12.4 Å². The molecule has 1 heterocycles. The lowest BCUT2D eigenvalue weighted by molar-refractivity contribution is -0.384. The highest BCUT2D eigenvalue weighted by Crippen LogP contribution is 2.25. The van der Waals surface area contributed by atoms with Crippen molar-refractivity contribution in [1.29, 1.82) is 0 Å². The molecule has 0 aliphatic rings. The Hall–Kier alpha value is -3.16. The largest absolute Gasteiger partial charge is 0.481 e. The Bertz CT molecular complexity index is 685. The molecule has 0 atom stereocenters. The predicted molar refractivity (Wildman–Crippen MR) is 74.1 cm³/mol. The first-order valence-electron chi connectivity index (χ1n) is 5.80.